The van der Waals surface area contributed by atoms with E-state index in [1.54, 1.807) is 19.1 Å². The van der Waals surface area contributed by atoms with Crippen LogP contribution in [0.4, 0.5) is 0 Å². The molecule has 1 aliphatic rings. The number of aryl methyl sites for hydroxylation is 1. The number of oxazole rings is 1. The average molecular weight is 463 g/mol. The number of Topliss-reactive ketones (excluding diaryl/α,β-unsaturated/α-hetero) is 1. The summed E-state index contributed by atoms with van der Waals surface area (Å²) in [5.74, 6) is -0.650. The quantitative estimate of drug-likeness (QED) is 0.299. The number of hydrogen-bond donors (Lipinski definition) is 0. The van der Waals surface area contributed by atoms with Crippen LogP contribution in [0.2, 0.25) is 0 Å². The van der Waals surface area contributed by atoms with Crippen LogP contribution in [0.15, 0.2) is 40.0 Å². The molecule has 2 aromatic heterocycles. The van der Waals surface area contributed by atoms with Gasteiger partial charge in [-0.1, -0.05) is 23.9 Å². The van der Waals surface area contributed by atoms with E-state index in [1.165, 1.54) is 0 Å². The highest BCUT2D eigenvalue weighted by molar-refractivity contribution is 7.99. The molecule has 0 amide bonds. The Labute approximate surface area is 183 Å². The molecule has 0 radical (unpaired) electrons. The summed E-state index contributed by atoms with van der Waals surface area (Å²) in [6, 6.07) is 8.86. The second kappa shape index (κ2) is 8.51. The first kappa shape index (κ1) is 21.6. The van der Waals surface area contributed by atoms with Crippen LogP contribution >= 0.6 is 11.8 Å². The van der Waals surface area contributed by atoms with Crippen LogP contribution in [-0.2, 0) is 19.4 Å². The number of ketones is 1. The number of aromatic nitrogens is 2. The number of carbonyl (C=O) groups is 2. The van der Waals surface area contributed by atoms with Crippen LogP contribution in [0.25, 0.3) is 11.1 Å². The van der Waals surface area contributed by atoms with Crippen molar-refractivity contribution in [1.82, 2.24) is 9.55 Å². The van der Waals surface area contributed by atoms with Crippen molar-refractivity contribution in [2.75, 3.05) is 23.9 Å². The van der Waals surface area contributed by atoms with E-state index in [2.05, 4.69) is 4.98 Å². The smallest absolute Gasteiger partial charge is 0.316 e. The van der Waals surface area contributed by atoms with Crippen LogP contribution in [0.3, 0.4) is 0 Å². The molecule has 31 heavy (non-hydrogen) atoms. The molecule has 0 unspecified atom stereocenters. The van der Waals surface area contributed by atoms with Crippen molar-refractivity contribution >= 4 is 44.5 Å². The summed E-state index contributed by atoms with van der Waals surface area (Å²) in [6.45, 7) is 3.26. The third-order valence-electron chi connectivity index (χ3n) is 5.31. The maximum Gasteiger partial charge on any atom is 0.316 e. The van der Waals surface area contributed by atoms with Gasteiger partial charge in [0.25, 0.3) is 5.22 Å². The standard InChI is InChI=1S/C21H22N2O6S2/c1-13-9-16(14(2)23(13)15-7-8-31(26,27)12-15)18(24)10-28-20(25)11-30-21-22-17-5-3-4-6-19(17)29-21/h3-6,9,15H,7-8,10-12H2,1-2H3/t15-/m1/s1. The number of fused-ring (bicyclic) bond motifs is 1. The Morgan fingerprint density at radius 2 is 2.06 bits per heavy atom. The van der Waals surface area contributed by atoms with E-state index in [1.807, 2.05) is 29.7 Å². The van der Waals surface area contributed by atoms with Crippen LogP contribution in [-0.4, -0.2) is 53.6 Å². The lowest BCUT2D eigenvalue weighted by atomic mass is 10.1. The average Bonchev–Trinajstić information content (AvgIpc) is 3.38. The highest BCUT2D eigenvalue weighted by Crippen LogP contribution is 2.29. The number of ether oxygens (including phenoxy) is 1. The zero-order valence-electron chi connectivity index (χ0n) is 17.2. The van der Waals surface area contributed by atoms with Crippen LogP contribution < -0.4 is 0 Å². The van der Waals surface area contributed by atoms with Gasteiger partial charge < -0.3 is 13.7 Å². The topological polar surface area (TPSA) is 108 Å². The van der Waals surface area contributed by atoms with Crippen molar-refractivity contribution in [3.05, 3.63) is 47.3 Å². The minimum atomic E-state index is -3.04. The number of carbonyl (C=O) groups excluding carboxylic acids is 2. The van der Waals surface area contributed by atoms with E-state index in [0.29, 0.717) is 34.0 Å². The lowest BCUT2D eigenvalue weighted by molar-refractivity contribution is -0.139. The third-order valence-corrected chi connectivity index (χ3v) is 7.86. The summed E-state index contributed by atoms with van der Waals surface area (Å²) in [5.41, 5.74) is 3.31. The molecule has 0 saturated carbocycles. The fraction of sp³-hybridized carbons (Fsp3) is 0.381. The van der Waals surface area contributed by atoms with E-state index >= 15 is 0 Å². The van der Waals surface area contributed by atoms with Gasteiger partial charge in [-0.2, -0.15) is 0 Å². The summed E-state index contributed by atoms with van der Waals surface area (Å²) in [7, 11) is -3.04. The molecule has 1 fully saturated rings. The van der Waals surface area contributed by atoms with Gasteiger partial charge in [-0.25, -0.2) is 13.4 Å². The first-order chi connectivity index (χ1) is 14.7. The van der Waals surface area contributed by atoms with E-state index in [4.69, 9.17) is 9.15 Å². The highest BCUT2D eigenvalue weighted by Gasteiger charge is 2.31. The molecule has 1 aliphatic heterocycles. The van der Waals surface area contributed by atoms with Crippen LogP contribution in [0, 0.1) is 13.8 Å². The number of rotatable bonds is 7. The van der Waals surface area contributed by atoms with Gasteiger partial charge in [0.05, 0.1) is 11.5 Å². The Hall–Kier alpha value is -2.59. The van der Waals surface area contributed by atoms with Gasteiger partial charge in [0, 0.05) is 23.0 Å². The molecule has 8 nitrogen and oxygen atoms in total. The van der Waals surface area contributed by atoms with E-state index in [-0.39, 0.29) is 35.7 Å². The van der Waals surface area contributed by atoms with Gasteiger partial charge in [0.1, 0.15) is 11.3 Å². The van der Waals surface area contributed by atoms with Crippen molar-refractivity contribution in [2.45, 2.75) is 31.5 Å². The predicted molar refractivity (Wildman–Crippen MR) is 116 cm³/mol. The van der Waals surface area contributed by atoms with Crippen molar-refractivity contribution in [3.63, 3.8) is 0 Å². The lowest BCUT2D eigenvalue weighted by Crippen LogP contribution is -2.17. The van der Waals surface area contributed by atoms with E-state index < -0.39 is 15.8 Å². The number of esters is 1. The molecule has 0 aliphatic carbocycles. The minimum absolute atomic E-state index is 0.0287. The molecule has 4 rings (SSSR count). The number of hydrogen-bond acceptors (Lipinski definition) is 8. The molecular formula is C21H22N2O6S2. The van der Waals surface area contributed by atoms with Gasteiger partial charge in [-0.05, 0) is 38.5 Å². The summed E-state index contributed by atoms with van der Waals surface area (Å²) in [6.07, 6.45) is 0.536. The summed E-state index contributed by atoms with van der Waals surface area (Å²) >= 11 is 1.10. The summed E-state index contributed by atoms with van der Waals surface area (Å²) < 4.78 is 36.2. The predicted octanol–water partition coefficient (Wildman–Crippen LogP) is 3.12. The van der Waals surface area contributed by atoms with Gasteiger partial charge in [-0.3, -0.25) is 9.59 Å². The van der Waals surface area contributed by atoms with Crippen molar-refractivity contribution in [1.29, 1.82) is 0 Å². The largest absolute Gasteiger partial charge is 0.457 e. The second-order valence-electron chi connectivity index (χ2n) is 7.53. The van der Waals surface area contributed by atoms with Crippen LogP contribution in [0.5, 0.6) is 0 Å². The Balaban J connectivity index is 1.34. The van der Waals surface area contributed by atoms with Crippen molar-refractivity contribution < 1.29 is 27.2 Å². The molecule has 1 aromatic carbocycles. The maximum atomic E-state index is 12.6. The Bertz CT molecular complexity index is 1230. The second-order valence-corrected chi connectivity index (χ2v) is 10.7. The normalized spacial score (nSPS) is 17.8. The summed E-state index contributed by atoms with van der Waals surface area (Å²) in [4.78, 5) is 29.0. The molecule has 164 valence electrons. The number of benzene rings is 1. The monoisotopic (exact) mass is 462 g/mol. The molecule has 10 heteroatoms. The Morgan fingerprint density at radius 1 is 1.29 bits per heavy atom. The molecule has 3 heterocycles. The van der Waals surface area contributed by atoms with Crippen molar-refractivity contribution in [3.8, 4) is 0 Å². The van der Waals surface area contributed by atoms with E-state index in [9.17, 15) is 18.0 Å². The third kappa shape index (κ3) is 4.69. The number of sulfone groups is 1. The number of para-hydroxylation sites is 2. The van der Waals surface area contributed by atoms with Crippen LogP contribution in [0.1, 0.15) is 34.2 Å². The first-order valence-electron chi connectivity index (χ1n) is 9.79. The first-order valence-corrected chi connectivity index (χ1v) is 12.6. The van der Waals surface area contributed by atoms with E-state index in [0.717, 1.165) is 17.5 Å². The Morgan fingerprint density at radius 3 is 2.77 bits per heavy atom. The summed E-state index contributed by atoms with van der Waals surface area (Å²) in [5, 5.41) is 0.361. The highest BCUT2D eigenvalue weighted by atomic mass is 32.2. The van der Waals surface area contributed by atoms with Gasteiger partial charge in [-0.15, -0.1) is 0 Å². The fourth-order valence-electron chi connectivity index (χ4n) is 3.90. The molecule has 3 aromatic rings. The lowest BCUT2D eigenvalue weighted by Gasteiger charge is -2.16. The number of thioether (sulfide) groups is 1. The Kier molecular flexibility index (Phi) is 5.94. The minimum Gasteiger partial charge on any atom is -0.457 e. The molecule has 0 spiro atoms. The molecule has 1 atom stereocenters. The fourth-order valence-corrected chi connectivity index (χ4v) is 6.24. The van der Waals surface area contributed by atoms with Gasteiger partial charge >= 0.3 is 5.97 Å². The zero-order valence-corrected chi connectivity index (χ0v) is 18.8. The maximum absolute atomic E-state index is 12.6. The van der Waals surface area contributed by atoms with Gasteiger partial charge in [0.15, 0.2) is 22.0 Å². The van der Waals surface area contributed by atoms with Crippen molar-refractivity contribution in [2.24, 2.45) is 0 Å². The molecule has 1 saturated heterocycles. The molecular weight excluding hydrogens is 440 g/mol. The SMILES string of the molecule is Cc1cc(C(=O)COC(=O)CSc2nc3ccccc3o2)c(C)n1[C@@H]1CCS(=O)(=O)C1. The zero-order chi connectivity index (χ0) is 22.2. The molecule has 0 N–H and O–H groups in total. The van der Waals surface area contributed by atoms with Gasteiger partial charge in [0.2, 0.25) is 5.78 Å². The number of nitrogens with zero attached hydrogens (tertiary/aromatic N) is 2. The molecule has 0 bridgehead atoms.